The predicted octanol–water partition coefficient (Wildman–Crippen LogP) is 3.72. The monoisotopic (exact) mass is 409 g/mol. The molecule has 0 spiro atoms. The van der Waals surface area contributed by atoms with Crippen LogP contribution in [0.1, 0.15) is 41.1 Å². The fourth-order valence-corrected chi connectivity index (χ4v) is 5.90. The molecule has 8 heteroatoms. The van der Waals surface area contributed by atoms with Crippen molar-refractivity contribution in [2.75, 3.05) is 11.9 Å². The highest BCUT2D eigenvalue weighted by Gasteiger charge is 2.31. The lowest BCUT2D eigenvalue weighted by atomic mass is 10.1. The Hall–Kier alpha value is -1.77. The summed E-state index contributed by atoms with van der Waals surface area (Å²) in [7, 11) is -3.81. The normalized spacial score (nSPS) is 12.0. The third kappa shape index (κ3) is 4.75. The lowest BCUT2D eigenvalue weighted by Gasteiger charge is -2.27. The molecular weight excluding hydrogens is 382 g/mol. The van der Waals surface area contributed by atoms with Crippen LogP contribution in [0, 0.1) is 34.6 Å². The Kier molecular flexibility index (Phi) is 6.44. The van der Waals surface area contributed by atoms with Gasteiger partial charge in [0.2, 0.25) is 15.9 Å². The number of hydrogen-bond donors (Lipinski definition) is 1. The number of sulfonamides is 1. The van der Waals surface area contributed by atoms with Crippen LogP contribution in [0.5, 0.6) is 0 Å². The standard InChI is InChI=1S/C19H27N3O3S2/c1-11(2)22(10-17(23)21-19-20-15(6)16(7)26-19)27(24,25)18-13(4)8-12(3)9-14(18)5/h8-9,11H,10H2,1-7H3,(H,20,21,23). The fourth-order valence-electron chi connectivity index (χ4n) is 3.06. The van der Waals surface area contributed by atoms with E-state index in [-0.39, 0.29) is 17.5 Å². The van der Waals surface area contributed by atoms with Crippen LogP contribution in [-0.2, 0) is 14.8 Å². The zero-order valence-electron chi connectivity index (χ0n) is 16.9. The van der Waals surface area contributed by atoms with Crippen molar-refractivity contribution >= 4 is 32.4 Å². The lowest BCUT2D eigenvalue weighted by molar-refractivity contribution is -0.116. The molecule has 1 N–H and O–H groups in total. The van der Waals surface area contributed by atoms with Crippen molar-refractivity contribution in [3.8, 4) is 0 Å². The highest BCUT2D eigenvalue weighted by atomic mass is 32.2. The van der Waals surface area contributed by atoms with Crippen LogP contribution >= 0.6 is 11.3 Å². The molecule has 0 radical (unpaired) electrons. The van der Waals surface area contributed by atoms with Crippen molar-refractivity contribution in [3.63, 3.8) is 0 Å². The first-order valence-electron chi connectivity index (χ1n) is 8.77. The Labute approximate surface area is 165 Å². The van der Waals surface area contributed by atoms with Gasteiger partial charge in [-0.2, -0.15) is 4.31 Å². The van der Waals surface area contributed by atoms with Gasteiger partial charge in [-0.3, -0.25) is 4.79 Å². The number of benzene rings is 1. The fraction of sp³-hybridized carbons (Fsp3) is 0.474. The molecule has 1 amide bonds. The minimum Gasteiger partial charge on any atom is -0.301 e. The van der Waals surface area contributed by atoms with Crippen molar-refractivity contribution in [2.24, 2.45) is 0 Å². The second-order valence-corrected chi connectivity index (χ2v) is 10.1. The number of carbonyl (C=O) groups excluding carboxylic acids is 1. The summed E-state index contributed by atoms with van der Waals surface area (Å²) in [5, 5.41) is 3.20. The molecular formula is C19H27N3O3S2. The molecule has 1 aromatic carbocycles. The summed E-state index contributed by atoms with van der Waals surface area (Å²) in [5.41, 5.74) is 3.23. The van der Waals surface area contributed by atoms with E-state index < -0.39 is 15.9 Å². The summed E-state index contributed by atoms with van der Waals surface area (Å²) in [6.07, 6.45) is 0. The van der Waals surface area contributed by atoms with Crippen LogP contribution in [-0.4, -0.2) is 36.2 Å². The molecule has 0 aliphatic heterocycles. The predicted molar refractivity (Wildman–Crippen MR) is 110 cm³/mol. The first kappa shape index (κ1) is 21.5. The molecule has 148 valence electrons. The number of carbonyl (C=O) groups is 1. The van der Waals surface area contributed by atoms with Gasteiger partial charge in [-0.05, 0) is 59.6 Å². The van der Waals surface area contributed by atoms with Crippen LogP contribution in [0.3, 0.4) is 0 Å². The maximum absolute atomic E-state index is 13.3. The third-order valence-electron chi connectivity index (χ3n) is 4.32. The number of aryl methyl sites for hydroxylation is 5. The zero-order chi connectivity index (χ0) is 20.5. The summed E-state index contributed by atoms with van der Waals surface area (Å²) < 4.78 is 27.8. The maximum Gasteiger partial charge on any atom is 0.244 e. The molecule has 0 fully saturated rings. The molecule has 1 aromatic heterocycles. The van der Waals surface area contributed by atoms with Gasteiger partial charge in [0.05, 0.1) is 17.1 Å². The van der Waals surface area contributed by atoms with E-state index in [1.165, 1.54) is 15.6 Å². The third-order valence-corrected chi connectivity index (χ3v) is 7.64. The van der Waals surface area contributed by atoms with Gasteiger partial charge in [-0.25, -0.2) is 13.4 Å². The van der Waals surface area contributed by atoms with E-state index in [1.807, 2.05) is 32.9 Å². The molecule has 0 aliphatic carbocycles. The first-order chi connectivity index (χ1) is 12.4. The Morgan fingerprint density at radius 2 is 1.70 bits per heavy atom. The van der Waals surface area contributed by atoms with E-state index in [2.05, 4.69) is 10.3 Å². The number of hydrogen-bond acceptors (Lipinski definition) is 5. The lowest BCUT2D eigenvalue weighted by Crippen LogP contribution is -2.42. The molecule has 0 aliphatic rings. The van der Waals surface area contributed by atoms with Gasteiger partial charge >= 0.3 is 0 Å². The molecule has 27 heavy (non-hydrogen) atoms. The summed E-state index contributed by atoms with van der Waals surface area (Å²) >= 11 is 1.38. The van der Waals surface area contributed by atoms with Crippen molar-refractivity contribution in [1.29, 1.82) is 0 Å². The summed E-state index contributed by atoms with van der Waals surface area (Å²) in [5.74, 6) is -0.400. The van der Waals surface area contributed by atoms with Gasteiger partial charge in [0.1, 0.15) is 0 Å². The van der Waals surface area contributed by atoms with Crippen molar-refractivity contribution in [1.82, 2.24) is 9.29 Å². The summed E-state index contributed by atoms with van der Waals surface area (Å²) in [6, 6.07) is 3.33. The van der Waals surface area contributed by atoms with Crippen LogP contribution < -0.4 is 5.32 Å². The van der Waals surface area contributed by atoms with Gasteiger partial charge in [0, 0.05) is 10.9 Å². The average Bonchev–Trinajstić information content (AvgIpc) is 2.80. The van der Waals surface area contributed by atoms with Crippen molar-refractivity contribution in [3.05, 3.63) is 39.4 Å². The van der Waals surface area contributed by atoms with Gasteiger partial charge in [0.15, 0.2) is 5.13 Å². The Bertz CT molecular complexity index is 920. The number of nitrogens with zero attached hydrogens (tertiary/aromatic N) is 2. The van der Waals surface area contributed by atoms with Gasteiger partial charge in [-0.1, -0.05) is 17.7 Å². The molecule has 0 saturated heterocycles. The number of anilines is 1. The molecule has 0 unspecified atom stereocenters. The number of aromatic nitrogens is 1. The maximum atomic E-state index is 13.3. The first-order valence-corrected chi connectivity index (χ1v) is 11.0. The van der Waals surface area contributed by atoms with Crippen molar-refractivity contribution < 1.29 is 13.2 Å². The molecule has 0 bridgehead atoms. The molecule has 6 nitrogen and oxygen atoms in total. The summed E-state index contributed by atoms with van der Waals surface area (Å²) in [6.45, 7) is 12.6. The zero-order valence-corrected chi connectivity index (χ0v) is 18.5. The van der Waals surface area contributed by atoms with E-state index in [1.54, 1.807) is 27.7 Å². The average molecular weight is 410 g/mol. The molecule has 0 atom stereocenters. The molecule has 2 rings (SSSR count). The van der Waals surface area contributed by atoms with Crippen LogP contribution in [0.25, 0.3) is 0 Å². The quantitative estimate of drug-likeness (QED) is 0.788. The van der Waals surface area contributed by atoms with Crippen LogP contribution in [0.15, 0.2) is 17.0 Å². The minimum absolute atomic E-state index is 0.259. The number of nitrogens with one attached hydrogen (secondary N) is 1. The van der Waals surface area contributed by atoms with E-state index >= 15 is 0 Å². The van der Waals surface area contributed by atoms with Crippen LogP contribution in [0.4, 0.5) is 5.13 Å². The number of amides is 1. The smallest absolute Gasteiger partial charge is 0.244 e. The second-order valence-electron chi connectivity index (χ2n) is 7.08. The Morgan fingerprint density at radius 3 is 2.15 bits per heavy atom. The summed E-state index contributed by atoms with van der Waals surface area (Å²) in [4.78, 5) is 18.1. The number of thiazole rings is 1. The Balaban J connectivity index is 2.32. The van der Waals surface area contributed by atoms with E-state index in [4.69, 9.17) is 0 Å². The van der Waals surface area contributed by atoms with Crippen molar-refractivity contribution in [2.45, 2.75) is 59.4 Å². The number of rotatable bonds is 6. The highest BCUT2D eigenvalue weighted by Crippen LogP contribution is 2.27. The van der Waals surface area contributed by atoms with Gasteiger partial charge in [-0.15, -0.1) is 11.3 Å². The van der Waals surface area contributed by atoms with E-state index in [9.17, 15) is 13.2 Å². The molecule has 1 heterocycles. The largest absolute Gasteiger partial charge is 0.301 e. The Morgan fingerprint density at radius 1 is 1.15 bits per heavy atom. The molecule has 0 saturated carbocycles. The van der Waals surface area contributed by atoms with E-state index in [0.29, 0.717) is 16.3 Å². The highest BCUT2D eigenvalue weighted by molar-refractivity contribution is 7.89. The molecule has 2 aromatic rings. The second kappa shape index (κ2) is 8.08. The van der Waals surface area contributed by atoms with Gasteiger partial charge in [0.25, 0.3) is 0 Å². The van der Waals surface area contributed by atoms with Crippen LogP contribution in [0.2, 0.25) is 0 Å². The van der Waals surface area contributed by atoms with Gasteiger partial charge < -0.3 is 5.32 Å². The van der Waals surface area contributed by atoms with E-state index in [0.717, 1.165) is 16.1 Å². The minimum atomic E-state index is -3.81. The SMILES string of the molecule is Cc1cc(C)c(S(=O)(=O)N(CC(=O)Nc2nc(C)c(C)s2)C(C)C)c(C)c1. The topological polar surface area (TPSA) is 79.4 Å².